The van der Waals surface area contributed by atoms with E-state index in [9.17, 15) is 14.4 Å². The number of H-pyrrole nitrogens is 1. The fraction of sp³-hybridized carbons (Fsp3) is 0.375. The third-order valence-electron chi connectivity index (χ3n) is 2.14. The van der Waals surface area contributed by atoms with Crippen molar-refractivity contribution in [3.63, 3.8) is 0 Å². The van der Waals surface area contributed by atoms with Crippen molar-refractivity contribution >= 4 is 5.97 Å². The van der Waals surface area contributed by atoms with Crippen molar-refractivity contribution in [2.45, 2.75) is 18.9 Å². The van der Waals surface area contributed by atoms with Gasteiger partial charge in [-0.3, -0.25) is 14.3 Å². The highest BCUT2D eigenvalue weighted by Gasteiger charge is 2.26. The monoisotopic (exact) mass is 196 g/mol. The van der Waals surface area contributed by atoms with Gasteiger partial charge in [-0.1, -0.05) is 0 Å². The SMILES string of the molecule is O=C(O)c1cn(C2CC2)c(=O)[nH]c1=O. The summed E-state index contributed by atoms with van der Waals surface area (Å²) in [4.78, 5) is 34.8. The van der Waals surface area contributed by atoms with Gasteiger partial charge in [0, 0.05) is 12.2 Å². The number of rotatable bonds is 2. The number of hydrogen-bond donors (Lipinski definition) is 2. The largest absolute Gasteiger partial charge is 0.477 e. The van der Waals surface area contributed by atoms with E-state index < -0.39 is 22.8 Å². The summed E-state index contributed by atoms with van der Waals surface area (Å²) in [7, 11) is 0. The van der Waals surface area contributed by atoms with Crippen LogP contribution in [0.4, 0.5) is 0 Å². The third-order valence-corrected chi connectivity index (χ3v) is 2.14. The van der Waals surface area contributed by atoms with Gasteiger partial charge in [0.25, 0.3) is 5.56 Å². The fourth-order valence-corrected chi connectivity index (χ4v) is 1.26. The summed E-state index contributed by atoms with van der Waals surface area (Å²) >= 11 is 0. The van der Waals surface area contributed by atoms with Gasteiger partial charge in [-0.2, -0.15) is 0 Å². The third kappa shape index (κ3) is 1.34. The molecule has 2 rings (SSSR count). The lowest BCUT2D eigenvalue weighted by atomic mass is 10.3. The highest BCUT2D eigenvalue weighted by molar-refractivity contribution is 5.86. The van der Waals surface area contributed by atoms with E-state index in [4.69, 9.17) is 5.11 Å². The van der Waals surface area contributed by atoms with Crippen LogP contribution in [-0.4, -0.2) is 20.6 Å². The van der Waals surface area contributed by atoms with Crippen molar-refractivity contribution in [2.24, 2.45) is 0 Å². The second-order valence-corrected chi connectivity index (χ2v) is 3.25. The van der Waals surface area contributed by atoms with E-state index in [-0.39, 0.29) is 6.04 Å². The highest BCUT2D eigenvalue weighted by Crippen LogP contribution is 2.32. The fourth-order valence-electron chi connectivity index (χ4n) is 1.26. The number of aromatic amines is 1. The molecule has 14 heavy (non-hydrogen) atoms. The normalized spacial score (nSPS) is 15.4. The molecule has 1 aliphatic carbocycles. The zero-order valence-electron chi connectivity index (χ0n) is 7.19. The molecule has 0 aromatic carbocycles. The smallest absolute Gasteiger partial charge is 0.342 e. The molecule has 1 aliphatic rings. The van der Waals surface area contributed by atoms with Crippen molar-refractivity contribution in [1.29, 1.82) is 0 Å². The summed E-state index contributed by atoms with van der Waals surface area (Å²) in [5.74, 6) is -1.32. The molecule has 0 atom stereocenters. The first-order valence-corrected chi connectivity index (χ1v) is 4.18. The predicted molar refractivity (Wildman–Crippen MR) is 46.6 cm³/mol. The van der Waals surface area contributed by atoms with Crippen LogP contribution in [0.3, 0.4) is 0 Å². The Bertz CT molecular complexity index is 495. The van der Waals surface area contributed by atoms with E-state index in [0.29, 0.717) is 0 Å². The molecule has 0 unspecified atom stereocenters. The lowest BCUT2D eigenvalue weighted by molar-refractivity contribution is 0.0693. The maximum Gasteiger partial charge on any atom is 0.342 e. The summed E-state index contributed by atoms with van der Waals surface area (Å²) < 4.78 is 1.27. The van der Waals surface area contributed by atoms with Gasteiger partial charge in [-0.05, 0) is 12.8 Å². The Hall–Kier alpha value is -1.85. The number of hydrogen-bond acceptors (Lipinski definition) is 3. The molecule has 0 amide bonds. The van der Waals surface area contributed by atoms with E-state index in [0.717, 1.165) is 19.0 Å². The van der Waals surface area contributed by atoms with Crippen LogP contribution < -0.4 is 11.2 Å². The van der Waals surface area contributed by atoms with Crippen LogP contribution >= 0.6 is 0 Å². The van der Waals surface area contributed by atoms with E-state index in [2.05, 4.69) is 0 Å². The number of carboxylic acid groups (broad SMARTS) is 1. The Labute approximate surface area is 77.8 Å². The molecule has 1 aromatic heterocycles. The number of aromatic nitrogens is 2. The molecular formula is C8H8N2O4. The Morgan fingerprint density at radius 1 is 1.50 bits per heavy atom. The second-order valence-electron chi connectivity index (χ2n) is 3.25. The maximum absolute atomic E-state index is 11.2. The van der Waals surface area contributed by atoms with Crippen molar-refractivity contribution in [3.8, 4) is 0 Å². The molecule has 0 radical (unpaired) electrons. The van der Waals surface area contributed by atoms with Crippen LogP contribution in [0.1, 0.15) is 29.2 Å². The van der Waals surface area contributed by atoms with Crippen LogP contribution in [0.2, 0.25) is 0 Å². The Kier molecular flexibility index (Phi) is 1.77. The van der Waals surface area contributed by atoms with E-state index in [1.54, 1.807) is 0 Å². The van der Waals surface area contributed by atoms with E-state index >= 15 is 0 Å². The van der Waals surface area contributed by atoms with Crippen molar-refractivity contribution in [2.75, 3.05) is 0 Å². The Balaban J connectivity index is 2.63. The average molecular weight is 196 g/mol. The number of nitrogens with one attached hydrogen (secondary N) is 1. The minimum absolute atomic E-state index is 0.0532. The van der Waals surface area contributed by atoms with Gasteiger partial charge in [-0.25, -0.2) is 9.59 Å². The first-order valence-electron chi connectivity index (χ1n) is 4.18. The van der Waals surface area contributed by atoms with Crippen molar-refractivity contribution in [1.82, 2.24) is 9.55 Å². The van der Waals surface area contributed by atoms with Crippen LogP contribution in [0, 0.1) is 0 Å². The van der Waals surface area contributed by atoms with Gasteiger partial charge >= 0.3 is 11.7 Å². The molecule has 6 heteroatoms. The minimum Gasteiger partial charge on any atom is -0.477 e. The standard InChI is InChI=1S/C8H8N2O4/c11-6-5(7(12)13)3-10(4-1-2-4)8(14)9-6/h3-4H,1-2H2,(H,12,13)(H,9,11,14). The summed E-state index contributed by atoms with van der Waals surface area (Å²) in [6.45, 7) is 0. The molecule has 0 bridgehead atoms. The van der Waals surface area contributed by atoms with Gasteiger partial charge in [0.1, 0.15) is 5.56 Å². The lowest BCUT2D eigenvalue weighted by Gasteiger charge is -2.02. The number of carboxylic acids is 1. The Morgan fingerprint density at radius 2 is 2.14 bits per heavy atom. The van der Waals surface area contributed by atoms with E-state index in [1.165, 1.54) is 4.57 Å². The van der Waals surface area contributed by atoms with Gasteiger partial charge in [-0.15, -0.1) is 0 Å². The molecule has 1 heterocycles. The van der Waals surface area contributed by atoms with Crippen LogP contribution in [0.15, 0.2) is 15.8 Å². The highest BCUT2D eigenvalue weighted by atomic mass is 16.4. The predicted octanol–water partition coefficient (Wildman–Crippen LogP) is -0.430. The maximum atomic E-state index is 11.2. The zero-order chi connectivity index (χ0) is 10.3. The van der Waals surface area contributed by atoms with Crippen LogP contribution in [0.25, 0.3) is 0 Å². The Morgan fingerprint density at radius 3 is 2.64 bits per heavy atom. The van der Waals surface area contributed by atoms with Gasteiger partial charge in [0.2, 0.25) is 0 Å². The second kappa shape index (κ2) is 2.83. The first-order chi connectivity index (χ1) is 6.59. The molecule has 1 aromatic rings. The quantitative estimate of drug-likeness (QED) is 0.671. The molecule has 0 saturated heterocycles. The van der Waals surface area contributed by atoms with Gasteiger partial charge in [0.15, 0.2) is 0 Å². The molecule has 0 spiro atoms. The summed E-state index contributed by atoms with van der Waals surface area (Å²) in [6.07, 6.45) is 2.82. The first kappa shape index (κ1) is 8.74. The number of nitrogens with zero attached hydrogens (tertiary/aromatic N) is 1. The molecule has 6 nitrogen and oxygen atoms in total. The summed E-state index contributed by atoms with van der Waals surface area (Å²) in [5, 5.41) is 8.65. The number of carbonyl (C=O) groups is 1. The van der Waals surface area contributed by atoms with E-state index in [1.807, 2.05) is 4.98 Å². The van der Waals surface area contributed by atoms with Crippen LogP contribution in [-0.2, 0) is 0 Å². The van der Waals surface area contributed by atoms with Gasteiger partial charge < -0.3 is 5.11 Å². The van der Waals surface area contributed by atoms with Crippen molar-refractivity contribution < 1.29 is 9.90 Å². The topological polar surface area (TPSA) is 92.2 Å². The molecule has 1 fully saturated rings. The summed E-state index contributed by atoms with van der Waals surface area (Å²) in [6, 6.07) is 0.0532. The zero-order valence-corrected chi connectivity index (χ0v) is 7.19. The average Bonchev–Trinajstić information content (AvgIpc) is 2.86. The molecule has 1 saturated carbocycles. The van der Waals surface area contributed by atoms with Gasteiger partial charge in [0.05, 0.1) is 0 Å². The number of aromatic carboxylic acids is 1. The molecular weight excluding hydrogens is 188 g/mol. The lowest BCUT2D eigenvalue weighted by Crippen LogP contribution is -2.32. The summed E-state index contributed by atoms with van der Waals surface area (Å²) in [5.41, 5.74) is -1.78. The molecule has 0 aliphatic heterocycles. The molecule has 74 valence electrons. The molecule has 2 N–H and O–H groups in total. The van der Waals surface area contributed by atoms with Crippen LogP contribution in [0.5, 0.6) is 0 Å². The minimum atomic E-state index is -1.32. The van der Waals surface area contributed by atoms with Crippen molar-refractivity contribution in [3.05, 3.63) is 32.6 Å².